The van der Waals surface area contributed by atoms with Gasteiger partial charge in [-0.2, -0.15) is 14.0 Å². The van der Waals surface area contributed by atoms with Gasteiger partial charge in [-0.15, -0.1) is 11.3 Å². The fraction of sp³-hybridized carbons (Fsp3) is 0.556. The third-order valence-electron chi connectivity index (χ3n) is 6.79. The number of nitriles is 1. The van der Waals surface area contributed by atoms with Gasteiger partial charge < -0.3 is 9.84 Å². The minimum absolute atomic E-state index is 0.00842. The van der Waals surface area contributed by atoms with E-state index in [1.54, 1.807) is 6.20 Å². The van der Waals surface area contributed by atoms with Crippen LogP contribution in [0.25, 0.3) is 10.6 Å². The van der Waals surface area contributed by atoms with Gasteiger partial charge in [0.15, 0.2) is 0 Å². The zero-order valence-electron chi connectivity index (χ0n) is 21.0. The number of piperidine rings is 1. The zero-order chi connectivity index (χ0) is 25.8. The molecule has 2 aromatic rings. The minimum atomic E-state index is -2.96. The smallest absolute Gasteiger partial charge is 0.387 e. The highest BCUT2D eigenvalue weighted by Gasteiger charge is 2.43. The number of aliphatic hydroxyl groups excluding tert-OH is 1. The van der Waals surface area contributed by atoms with Gasteiger partial charge in [-0.1, -0.05) is 40.7 Å². The fourth-order valence-corrected chi connectivity index (χ4v) is 6.23. The number of hydrogen-bond donors (Lipinski definition) is 1. The molecule has 1 saturated heterocycles. The normalized spacial score (nSPS) is 21.1. The number of nitrogens with zero attached hydrogens (tertiary/aromatic N) is 3. The molecule has 1 aromatic heterocycles. The number of rotatable bonds is 9. The number of thiazole rings is 1. The first-order chi connectivity index (χ1) is 16.4. The molecule has 2 heterocycles. The lowest BCUT2D eigenvalue weighted by Gasteiger charge is -2.50. The number of likely N-dealkylation sites (tertiary alicyclic amines) is 1. The molecule has 1 unspecified atom stereocenters. The molecule has 1 aliphatic rings. The van der Waals surface area contributed by atoms with E-state index in [2.05, 4.69) is 48.9 Å². The van der Waals surface area contributed by atoms with E-state index in [0.717, 1.165) is 37.2 Å². The second kappa shape index (κ2) is 11.0. The van der Waals surface area contributed by atoms with Crippen molar-refractivity contribution in [3.8, 4) is 22.4 Å². The number of hydrogen-bond acceptors (Lipinski definition) is 6. The Balaban J connectivity index is 1.89. The Hall–Kier alpha value is -2.50. The SMILES string of the molecule is C=C(O)C[C@]1(CCC)CC(C(C)(C)C)CN(Cc2cnc(-c3cc(C#N)ccc3OC(F)F)s2)C1. The largest absolute Gasteiger partial charge is 0.513 e. The summed E-state index contributed by atoms with van der Waals surface area (Å²) in [4.78, 5) is 7.92. The summed E-state index contributed by atoms with van der Waals surface area (Å²) in [5, 5.41) is 19.9. The number of allylic oxidation sites excluding steroid dienone is 1. The molecule has 8 heteroatoms. The van der Waals surface area contributed by atoms with Crippen molar-refractivity contribution in [3.05, 3.63) is 47.2 Å². The van der Waals surface area contributed by atoms with Gasteiger partial charge in [0.1, 0.15) is 10.8 Å². The van der Waals surface area contributed by atoms with E-state index < -0.39 is 6.61 Å². The molecule has 0 amide bonds. The average Bonchev–Trinajstić information content (AvgIpc) is 3.20. The Bertz CT molecular complexity index is 1070. The second-order valence-corrected chi connectivity index (χ2v) is 11.9. The number of ether oxygens (including phenoxy) is 1. The molecule has 0 saturated carbocycles. The van der Waals surface area contributed by atoms with Gasteiger partial charge in [-0.25, -0.2) is 4.98 Å². The van der Waals surface area contributed by atoms with E-state index in [4.69, 9.17) is 0 Å². The summed E-state index contributed by atoms with van der Waals surface area (Å²) in [6, 6.07) is 6.43. The summed E-state index contributed by atoms with van der Waals surface area (Å²) in [5.41, 5.74) is 0.829. The predicted octanol–water partition coefficient (Wildman–Crippen LogP) is 7.40. The van der Waals surface area contributed by atoms with Gasteiger partial charge in [0, 0.05) is 37.1 Å². The first-order valence-corrected chi connectivity index (χ1v) is 12.8. The molecule has 190 valence electrons. The van der Waals surface area contributed by atoms with Crippen molar-refractivity contribution >= 4 is 11.3 Å². The summed E-state index contributed by atoms with van der Waals surface area (Å²) < 4.78 is 30.6. The van der Waals surface area contributed by atoms with Crippen LogP contribution in [-0.4, -0.2) is 34.7 Å². The maximum Gasteiger partial charge on any atom is 0.387 e. The van der Waals surface area contributed by atoms with Crippen LogP contribution < -0.4 is 4.74 Å². The Labute approximate surface area is 211 Å². The first-order valence-electron chi connectivity index (χ1n) is 12.0. The van der Waals surface area contributed by atoms with Crippen molar-refractivity contribution in [2.45, 2.75) is 66.5 Å². The van der Waals surface area contributed by atoms with Crippen molar-refractivity contribution in [2.24, 2.45) is 16.7 Å². The Morgan fingerprint density at radius 1 is 1.43 bits per heavy atom. The highest BCUT2D eigenvalue weighted by molar-refractivity contribution is 7.15. The summed E-state index contributed by atoms with van der Waals surface area (Å²) in [6.07, 6.45) is 5.46. The molecule has 0 bridgehead atoms. The predicted molar refractivity (Wildman–Crippen MR) is 135 cm³/mol. The van der Waals surface area contributed by atoms with E-state index >= 15 is 0 Å². The summed E-state index contributed by atoms with van der Waals surface area (Å²) in [5.74, 6) is 0.693. The molecular formula is C27H35F2N3O2S. The molecule has 2 atom stereocenters. The van der Waals surface area contributed by atoms with Crippen molar-refractivity contribution in [2.75, 3.05) is 13.1 Å². The lowest BCUT2D eigenvalue weighted by atomic mass is 9.64. The van der Waals surface area contributed by atoms with Gasteiger partial charge >= 0.3 is 6.61 Å². The van der Waals surface area contributed by atoms with Crippen LogP contribution in [0.4, 0.5) is 8.78 Å². The van der Waals surface area contributed by atoms with Crippen LogP contribution in [0.1, 0.15) is 63.8 Å². The Kier molecular flexibility index (Phi) is 8.55. The standard InChI is InChI=1S/C27H35F2N3O2S/c1-6-9-27(11-18(2)33)12-20(26(3,4)5)15-32(17-27)16-21-14-31-24(35-21)22-10-19(13-30)7-8-23(22)34-25(28)29/h7-8,10,14,20,25,33H,2,6,9,11-12,15-17H2,1,3-5H3/t20?,27-/m1/s1. The molecule has 3 rings (SSSR count). The van der Waals surface area contributed by atoms with Crippen LogP contribution in [-0.2, 0) is 6.54 Å². The Morgan fingerprint density at radius 2 is 2.17 bits per heavy atom. The maximum atomic E-state index is 12.9. The molecule has 35 heavy (non-hydrogen) atoms. The third kappa shape index (κ3) is 7.02. The molecule has 0 spiro atoms. The number of aliphatic hydroxyl groups is 1. The zero-order valence-corrected chi connectivity index (χ0v) is 21.8. The van der Waals surface area contributed by atoms with Crippen molar-refractivity contribution in [1.29, 1.82) is 5.26 Å². The van der Waals surface area contributed by atoms with Crippen molar-refractivity contribution in [1.82, 2.24) is 9.88 Å². The van der Waals surface area contributed by atoms with Crippen molar-refractivity contribution < 1.29 is 18.6 Å². The lowest BCUT2D eigenvalue weighted by molar-refractivity contribution is -0.0494. The highest BCUT2D eigenvalue weighted by atomic mass is 32.1. The molecule has 1 N–H and O–H groups in total. The van der Waals surface area contributed by atoms with E-state index in [1.807, 2.05) is 6.07 Å². The fourth-order valence-electron chi connectivity index (χ4n) is 5.25. The summed E-state index contributed by atoms with van der Waals surface area (Å²) in [7, 11) is 0. The minimum Gasteiger partial charge on any atom is -0.513 e. The Morgan fingerprint density at radius 3 is 2.77 bits per heavy atom. The molecular weight excluding hydrogens is 468 g/mol. The van der Waals surface area contributed by atoms with Gasteiger partial charge in [-0.05, 0) is 47.8 Å². The summed E-state index contributed by atoms with van der Waals surface area (Å²) in [6.45, 7) is 12.3. The third-order valence-corrected chi connectivity index (χ3v) is 7.80. The van der Waals surface area contributed by atoms with Gasteiger partial charge in [0.25, 0.3) is 0 Å². The second-order valence-electron chi connectivity index (χ2n) is 10.8. The lowest BCUT2D eigenvalue weighted by Crippen LogP contribution is -2.50. The number of halogens is 2. The van der Waals surface area contributed by atoms with Gasteiger partial charge in [0.2, 0.25) is 0 Å². The molecule has 5 nitrogen and oxygen atoms in total. The molecule has 1 aliphatic heterocycles. The van der Waals surface area contributed by atoms with E-state index in [-0.39, 0.29) is 22.3 Å². The van der Waals surface area contributed by atoms with Crippen LogP contribution >= 0.6 is 11.3 Å². The van der Waals surface area contributed by atoms with Crippen molar-refractivity contribution in [3.63, 3.8) is 0 Å². The van der Waals surface area contributed by atoms with Gasteiger partial charge in [0.05, 0.1) is 23.0 Å². The van der Waals surface area contributed by atoms with E-state index in [0.29, 0.717) is 35.0 Å². The average molecular weight is 504 g/mol. The van der Waals surface area contributed by atoms with Crippen LogP contribution in [0.3, 0.4) is 0 Å². The van der Waals surface area contributed by atoms with Crippen LogP contribution in [0.5, 0.6) is 5.75 Å². The topological polar surface area (TPSA) is 69.4 Å². The van der Waals surface area contributed by atoms with Gasteiger partial charge in [-0.3, -0.25) is 4.90 Å². The van der Waals surface area contributed by atoms with Crippen LogP contribution in [0.15, 0.2) is 36.7 Å². The monoisotopic (exact) mass is 503 g/mol. The van der Waals surface area contributed by atoms with E-state index in [9.17, 15) is 19.1 Å². The van der Waals surface area contributed by atoms with Crippen LogP contribution in [0, 0.1) is 28.1 Å². The van der Waals surface area contributed by atoms with Crippen LogP contribution in [0.2, 0.25) is 0 Å². The molecule has 0 aliphatic carbocycles. The number of alkyl halides is 2. The summed E-state index contributed by atoms with van der Waals surface area (Å²) >= 11 is 1.42. The highest BCUT2D eigenvalue weighted by Crippen LogP contribution is 2.47. The molecule has 1 fully saturated rings. The molecule has 0 radical (unpaired) electrons. The number of benzene rings is 1. The quantitative estimate of drug-likeness (QED) is 0.361. The first kappa shape index (κ1) is 27.1. The maximum absolute atomic E-state index is 12.9. The molecule has 1 aromatic carbocycles. The number of aromatic nitrogens is 1. The van der Waals surface area contributed by atoms with E-state index in [1.165, 1.54) is 29.5 Å².